The Morgan fingerprint density at radius 3 is 2.69 bits per heavy atom. The summed E-state index contributed by atoms with van der Waals surface area (Å²) in [6, 6.07) is 12.5. The van der Waals surface area contributed by atoms with Gasteiger partial charge in [0.2, 0.25) is 0 Å². The summed E-state index contributed by atoms with van der Waals surface area (Å²) < 4.78 is 17.1. The van der Waals surface area contributed by atoms with Crippen molar-refractivity contribution < 1.29 is 23.8 Å². The fraction of sp³-hybridized carbons (Fsp3) is 0.250. The quantitative estimate of drug-likeness (QED) is 0.549. The first-order chi connectivity index (χ1) is 14.1. The third kappa shape index (κ3) is 5.43. The molecule has 0 atom stereocenters. The van der Waals surface area contributed by atoms with E-state index in [2.05, 4.69) is 15.8 Å². The SMILES string of the molecule is CCOc1ccc(C(=O)NNC(=O)COCc2nc3ccccc3s2)cc1OC. The van der Waals surface area contributed by atoms with Crippen molar-refractivity contribution in [2.45, 2.75) is 13.5 Å². The second-order valence-electron chi connectivity index (χ2n) is 5.87. The molecular formula is C20H21N3O5S. The number of benzene rings is 2. The van der Waals surface area contributed by atoms with Crippen molar-refractivity contribution in [1.29, 1.82) is 0 Å². The van der Waals surface area contributed by atoms with Gasteiger partial charge in [0.15, 0.2) is 11.5 Å². The molecule has 0 saturated carbocycles. The number of thiazole rings is 1. The van der Waals surface area contributed by atoms with Crippen LogP contribution < -0.4 is 20.3 Å². The summed E-state index contributed by atoms with van der Waals surface area (Å²) in [4.78, 5) is 28.5. The predicted octanol–water partition coefficient (Wildman–Crippen LogP) is 2.68. The van der Waals surface area contributed by atoms with Gasteiger partial charge in [-0.05, 0) is 37.3 Å². The number of hydrogen-bond donors (Lipinski definition) is 2. The summed E-state index contributed by atoms with van der Waals surface area (Å²) in [5, 5.41) is 0.782. The van der Waals surface area contributed by atoms with Crippen LogP contribution >= 0.6 is 11.3 Å². The molecule has 0 unspecified atom stereocenters. The van der Waals surface area contributed by atoms with Crippen LogP contribution in [0.5, 0.6) is 11.5 Å². The molecular weight excluding hydrogens is 394 g/mol. The molecule has 1 heterocycles. The van der Waals surface area contributed by atoms with Gasteiger partial charge in [-0.3, -0.25) is 20.4 Å². The summed E-state index contributed by atoms with van der Waals surface area (Å²) in [7, 11) is 1.49. The van der Waals surface area contributed by atoms with E-state index < -0.39 is 11.8 Å². The number of rotatable bonds is 8. The molecule has 0 bridgehead atoms. The number of nitrogens with zero attached hydrogens (tertiary/aromatic N) is 1. The van der Waals surface area contributed by atoms with E-state index in [1.807, 2.05) is 31.2 Å². The number of amides is 2. The van der Waals surface area contributed by atoms with Crippen LogP contribution in [0.3, 0.4) is 0 Å². The smallest absolute Gasteiger partial charge is 0.269 e. The molecule has 1 aromatic heterocycles. The Morgan fingerprint density at radius 2 is 1.93 bits per heavy atom. The van der Waals surface area contributed by atoms with Gasteiger partial charge in [-0.2, -0.15) is 0 Å². The van der Waals surface area contributed by atoms with Crippen LogP contribution in [0.1, 0.15) is 22.3 Å². The standard InChI is InChI=1S/C20H21N3O5S/c1-3-28-15-9-8-13(10-16(15)26-2)20(25)23-22-18(24)11-27-12-19-21-14-6-4-5-7-17(14)29-19/h4-10H,3,11-12H2,1-2H3,(H,22,24)(H,23,25). The molecule has 2 aromatic carbocycles. The number of fused-ring (bicyclic) bond motifs is 1. The van der Waals surface area contributed by atoms with Crippen LogP contribution in [0.15, 0.2) is 42.5 Å². The first-order valence-electron chi connectivity index (χ1n) is 8.93. The maximum Gasteiger partial charge on any atom is 0.269 e. The number of carbonyl (C=O) groups is 2. The number of aromatic nitrogens is 1. The van der Waals surface area contributed by atoms with Gasteiger partial charge in [-0.15, -0.1) is 11.3 Å². The van der Waals surface area contributed by atoms with Crippen molar-refractivity contribution in [3.63, 3.8) is 0 Å². The summed E-state index contributed by atoms with van der Waals surface area (Å²) in [6.07, 6.45) is 0. The maximum atomic E-state index is 12.2. The Bertz CT molecular complexity index is 972. The van der Waals surface area contributed by atoms with Crippen LogP contribution in [-0.4, -0.2) is 37.1 Å². The lowest BCUT2D eigenvalue weighted by atomic mass is 10.2. The number of nitrogens with one attached hydrogen (secondary N) is 2. The molecule has 0 saturated heterocycles. The number of ether oxygens (including phenoxy) is 3. The van der Waals surface area contributed by atoms with E-state index in [1.165, 1.54) is 24.5 Å². The Labute approximate surface area is 171 Å². The average Bonchev–Trinajstić information content (AvgIpc) is 3.15. The van der Waals surface area contributed by atoms with E-state index in [4.69, 9.17) is 14.2 Å². The van der Waals surface area contributed by atoms with Gasteiger partial charge in [0.25, 0.3) is 11.8 Å². The molecule has 0 radical (unpaired) electrons. The highest BCUT2D eigenvalue weighted by molar-refractivity contribution is 7.18. The van der Waals surface area contributed by atoms with Crippen LogP contribution in [0, 0.1) is 0 Å². The zero-order chi connectivity index (χ0) is 20.6. The summed E-state index contributed by atoms with van der Waals surface area (Å²) in [6.45, 7) is 2.35. The Kier molecular flexibility index (Phi) is 6.99. The van der Waals surface area contributed by atoms with Gasteiger partial charge in [0, 0.05) is 5.56 Å². The van der Waals surface area contributed by atoms with Crippen molar-refractivity contribution in [2.24, 2.45) is 0 Å². The molecule has 0 aliphatic carbocycles. The molecule has 0 fully saturated rings. The molecule has 8 nitrogen and oxygen atoms in total. The van der Waals surface area contributed by atoms with E-state index in [1.54, 1.807) is 12.1 Å². The fourth-order valence-electron chi connectivity index (χ4n) is 2.53. The molecule has 0 aliphatic heterocycles. The van der Waals surface area contributed by atoms with Crippen molar-refractivity contribution >= 4 is 33.4 Å². The monoisotopic (exact) mass is 415 g/mol. The van der Waals surface area contributed by atoms with Gasteiger partial charge in [0.05, 0.1) is 30.5 Å². The molecule has 3 aromatic rings. The van der Waals surface area contributed by atoms with Crippen LogP contribution in [-0.2, 0) is 16.1 Å². The maximum absolute atomic E-state index is 12.2. The molecule has 29 heavy (non-hydrogen) atoms. The van der Waals surface area contributed by atoms with Crippen LogP contribution in [0.4, 0.5) is 0 Å². The van der Waals surface area contributed by atoms with Crippen molar-refractivity contribution in [3.8, 4) is 11.5 Å². The number of hydrogen-bond acceptors (Lipinski definition) is 7. The largest absolute Gasteiger partial charge is 0.493 e. The van der Waals surface area contributed by atoms with Gasteiger partial charge in [-0.1, -0.05) is 12.1 Å². The summed E-state index contributed by atoms with van der Waals surface area (Å²) >= 11 is 1.51. The third-order valence-electron chi connectivity index (χ3n) is 3.84. The molecule has 2 amide bonds. The molecule has 152 valence electrons. The van der Waals surface area contributed by atoms with Gasteiger partial charge >= 0.3 is 0 Å². The minimum atomic E-state index is -0.481. The lowest BCUT2D eigenvalue weighted by Crippen LogP contribution is -2.43. The average molecular weight is 415 g/mol. The summed E-state index contributed by atoms with van der Waals surface area (Å²) in [5.74, 6) is 0.0204. The Morgan fingerprint density at radius 1 is 1.10 bits per heavy atom. The first-order valence-corrected chi connectivity index (χ1v) is 9.74. The van der Waals surface area contributed by atoms with Crippen LogP contribution in [0.25, 0.3) is 10.2 Å². The topological polar surface area (TPSA) is 98.8 Å². The van der Waals surface area contributed by atoms with E-state index in [9.17, 15) is 9.59 Å². The van der Waals surface area contributed by atoms with Gasteiger partial charge in [-0.25, -0.2) is 4.98 Å². The molecule has 9 heteroatoms. The minimum Gasteiger partial charge on any atom is -0.493 e. The van der Waals surface area contributed by atoms with E-state index >= 15 is 0 Å². The highest BCUT2D eigenvalue weighted by Crippen LogP contribution is 2.28. The highest BCUT2D eigenvalue weighted by atomic mass is 32.1. The Balaban J connectivity index is 1.45. The van der Waals surface area contributed by atoms with Crippen molar-refractivity contribution in [3.05, 3.63) is 53.0 Å². The lowest BCUT2D eigenvalue weighted by Gasteiger charge is -2.11. The number of carbonyl (C=O) groups excluding carboxylic acids is 2. The normalized spacial score (nSPS) is 10.6. The Hall–Kier alpha value is -3.17. The second kappa shape index (κ2) is 9.85. The summed E-state index contributed by atoms with van der Waals surface area (Å²) in [5.41, 5.74) is 5.88. The molecule has 0 spiro atoms. The van der Waals surface area contributed by atoms with Crippen LogP contribution in [0.2, 0.25) is 0 Å². The number of methoxy groups -OCH3 is 1. The molecule has 3 rings (SSSR count). The minimum absolute atomic E-state index is 0.206. The third-order valence-corrected chi connectivity index (χ3v) is 4.85. The fourth-order valence-corrected chi connectivity index (χ4v) is 3.44. The van der Waals surface area contributed by atoms with E-state index in [-0.39, 0.29) is 13.2 Å². The van der Waals surface area contributed by atoms with Gasteiger partial charge < -0.3 is 14.2 Å². The van der Waals surface area contributed by atoms with E-state index in [0.29, 0.717) is 23.7 Å². The first kappa shape index (κ1) is 20.6. The van der Waals surface area contributed by atoms with E-state index in [0.717, 1.165) is 15.2 Å². The van der Waals surface area contributed by atoms with Crippen molar-refractivity contribution in [1.82, 2.24) is 15.8 Å². The lowest BCUT2D eigenvalue weighted by molar-refractivity contribution is -0.126. The second-order valence-corrected chi connectivity index (χ2v) is 6.98. The highest BCUT2D eigenvalue weighted by Gasteiger charge is 2.12. The predicted molar refractivity (Wildman–Crippen MR) is 109 cm³/mol. The zero-order valence-corrected chi connectivity index (χ0v) is 16.9. The number of para-hydroxylation sites is 1. The number of hydrazine groups is 1. The molecule has 2 N–H and O–H groups in total. The molecule has 0 aliphatic rings. The van der Waals surface area contributed by atoms with Gasteiger partial charge in [0.1, 0.15) is 11.6 Å². The van der Waals surface area contributed by atoms with Crippen molar-refractivity contribution in [2.75, 3.05) is 20.3 Å². The zero-order valence-electron chi connectivity index (χ0n) is 16.1.